The summed E-state index contributed by atoms with van der Waals surface area (Å²) in [5.41, 5.74) is 1.82. The smallest absolute Gasteiger partial charge is 0.244 e. The van der Waals surface area contributed by atoms with E-state index in [1.807, 2.05) is 44.2 Å². The molecule has 3 aromatic carbocycles. The number of amides is 2. The molecular formula is C31H36FN3O5S. The van der Waals surface area contributed by atoms with Crippen LogP contribution in [0.4, 0.5) is 10.1 Å². The van der Waals surface area contributed by atoms with Gasteiger partial charge in [0, 0.05) is 24.6 Å². The van der Waals surface area contributed by atoms with Gasteiger partial charge in [-0.05, 0) is 55.7 Å². The molecule has 0 aromatic heterocycles. The fourth-order valence-electron chi connectivity index (χ4n) is 4.28. The number of hydrogen-bond acceptors (Lipinski definition) is 5. The van der Waals surface area contributed by atoms with Crippen molar-refractivity contribution in [1.29, 1.82) is 0 Å². The number of sulfonamides is 1. The highest BCUT2D eigenvalue weighted by Gasteiger charge is 2.33. The van der Waals surface area contributed by atoms with E-state index in [0.717, 1.165) is 16.1 Å². The predicted octanol–water partition coefficient (Wildman–Crippen LogP) is 4.35. The Morgan fingerprint density at radius 1 is 0.927 bits per heavy atom. The van der Waals surface area contributed by atoms with Crippen LogP contribution in [-0.2, 0) is 32.6 Å². The Morgan fingerprint density at radius 3 is 2.17 bits per heavy atom. The van der Waals surface area contributed by atoms with Crippen LogP contribution in [-0.4, -0.2) is 55.8 Å². The van der Waals surface area contributed by atoms with Crippen molar-refractivity contribution >= 4 is 33.3 Å². The van der Waals surface area contributed by atoms with E-state index in [0.29, 0.717) is 17.5 Å². The zero-order valence-electron chi connectivity index (χ0n) is 23.7. The minimum atomic E-state index is -3.97. The van der Waals surface area contributed by atoms with Crippen molar-refractivity contribution in [1.82, 2.24) is 10.2 Å². The maximum Gasteiger partial charge on any atom is 0.244 e. The van der Waals surface area contributed by atoms with E-state index in [1.165, 1.54) is 48.2 Å². The molecule has 0 aliphatic heterocycles. The van der Waals surface area contributed by atoms with Crippen molar-refractivity contribution < 1.29 is 27.2 Å². The number of nitrogens with zero attached hydrogens (tertiary/aromatic N) is 2. The maximum absolute atomic E-state index is 14.1. The van der Waals surface area contributed by atoms with Crippen LogP contribution in [0.2, 0.25) is 0 Å². The molecule has 0 saturated heterocycles. The lowest BCUT2D eigenvalue weighted by Gasteiger charge is -2.34. The molecule has 0 unspecified atom stereocenters. The molecule has 8 nitrogen and oxygen atoms in total. The first kappa shape index (κ1) is 31.5. The Bertz CT molecular complexity index is 1460. The third-order valence-electron chi connectivity index (χ3n) is 6.76. The Hall–Kier alpha value is -4.05. The van der Waals surface area contributed by atoms with Gasteiger partial charge in [0.05, 0.1) is 11.9 Å². The summed E-state index contributed by atoms with van der Waals surface area (Å²) in [4.78, 5) is 41.0. The highest BCUT2D eigenvalue weighted by molar-refractivity contribution is 7.92. The molecule has 2 atom stereocenters. The number of Topliss-reactive ketones (excluding diaryl/α,β-unsaturated/α-hetero) is 1. The second kappa shape index (κ2) is 14.0. The molecule has 0 aliphatic rings. The molecule has 41 heavy (non-hydrogen) atoms. The van der Waals surface area contributed by atoms with Gasteiger partial charge in [0.25, 0.3) is 0 Å². The minimum absolute atomic E-state index is 0.0599. The van der Waals surface area contributed by atoms with Crippen molar-refractivity contribution in [2.45, 2.75) is 52.2 Å². The number of nitrogens with one attached hydrogen (secondary N) is 1. The lowest BCUT2D eigenvalue weighted by atomic mass is 10.0. The van der Waals surface area contributed by atoms with Crippen LogP contribution >= 0.6 is 0 Å². The summed E-state index contributed by atoms with van der Waals surface area (Å²) in [7, 11) is -3.97. The molecule has 0 bridgehead atoms. The quantitative estimate of drug-likeness (QED) is 0.303. The Kier molecular flexibility index (Phi) is 10.8. The molecule has 0 radical (unpaired) electrons. The molecule has 0 fully saturated rings. The van der Waals surface area contributed by atoms with Crippen molar-refractivity contribution in [3.05, 3.63) is 101 Å². The predicted molar refractivity (Wildman–Crippen MR) is 157 cm³/mol. The molecule has 3 rings (SSSR count). The van der Waals surface area contributed by atoms with Crippen LogP contribution in [0, 0.1) is 5.82 Å². The van der Waals surface area contributed by atoms with E-state index in [-0.39, 0.29) is 36.4 Å². The van der Waals surface area contributed by atoms with Crippen molar-refractivity contribution in [2.24, 2.45) is 0 Å². The number of anilines is 1. The average Bonchev–Trinajstić information content (AvgIpc) is 2.94. The van der Waals surface area contributed by atoms with Gasteiger partial charge in [-0.1, -0.05) is 61.5 Å². The van der Waals surface area contributed by atoms with Crippen LogP contribution in [0.1, 0.15) is 48.7 Å². The molecule has 2 amide bonds. The molecule has 0 spiro atoms. The average molecular weight is 582 g/mol. The van der Waals surface area contributed by atoms with Gasteiger partial charge in [0.2, 0.25) is 21.8 Å². The van der Waals surface area contributed by atoms with Gasteiger partial charge in [0.1, 0.15) is 18.4 Å². The fraction of sp³-hybridized carbons (Fsp3) is 0.323. The molecule has 0 saturated carbocycles. The summed E-state index contributed by atoms with van der Waals surface area (Å²) in [5.74, 6) is -1.72. The SMILES string of the molecule is CC[C@@H](C)NC(=O)[C@H](Cc1ccccc1)N(Cc1ccc(F)cc1)C(=O)CN(c1cccc(C(C)=O)c1)S(C)(=O)=O. The highest BCUT2D eigenvalue weighted by Crippen LogP contribution is 2.22. The number of carbonyl (C=O) groups is 3. The van der Waals surface area contributed by atoms with Crippen molar-refractivity contribution in [2.75, 3.05) is 17.1 Å². The largest absolute Gasteiger partial charge is 0.352 e. The van der Waals surface area contributed by atoms with Crippen molar-refractivity contribution in [3.63, 3.8) is 0 Å². The second-order valence-corrected chi connectivity index (χ2v) is 12.0. The van der Waals surface area contributed by atoms with E-state index in [1.54, 1.807) is 12.1 Å². The number of carbonyl (C=O) groups excluding carboxylic acids is 3. The molecular weight excluding hydrogens is 545 g/mol. The van der Waals surface area contributed by atoms with Gasteiger partial charge in [-0.25, -0.2) is 12.8 Å². The minimum Gasteiger partial charge on any atom is -0.352 e. The van der Waals surface area contributed by atoms with Gasteiger partial charge in [-0.15, -0.1) is 0 Å². The Balaban J connectivity index is 2.07. The normalized spacial score (nSPS) is 12.7. The Labute approximate surface area is 241 Å². The number of ketones is 1. The lowest BCUT2D eigenvalue weighted by molar-refractivity contribution is -0.140. The summed E-state index contributed by atoms with van der Waals surface area (Å²) in [6.45, 7) is 4.48. The molecule has 0 heterocycles. The van der Waals surface area contributed by atoms with Gasteiger partial charge in [-0.3, -0.25) is 18.7 Å². The van der Waals surface area contributed by atoms with Crippen LogP contribution < -0.4 is 9.62 Å². The van der Waals surface area contributed by atoms with Crippen LogP contribution in [0.3, 0.4) is 0 Å². The van der Waals surface area contributed by atoms with Crippen molar-refractivity contribution in [3.8, 4) is 0 Å². The van der Waals surface area contributed by atoms with Gasteiger partial charge in [-0.2, -0.15) is 0 Å². The summed E-state index contributed by atoms with van der Waals surface area (Å²) in [6.07, 6.45) is 1.82. The zero-order valence-corrected chi connectivity index (χ0v) is 24.5. The van der Waals surface area contributed by atoms with Crippen LogP contribution in [0.15, 0.2) is 78.9 Å². The van der Waals surface area contributed by atoms with E-state index in [4.69, 9.17) is 0 Å². The Morgan fingerprint density at radius 2 is 1.59 bits per heavy atom. The van der Waals surface area contributed by atoms with E-state index in [9.17, 15) is 27.2 Å². The summed E-state index contributed by atoms with van der Waals surface area (Å²) >= 11 is 0. The molecule has 3 aromatic rings. The van der Waals surface area contributed by atoms with Crippen LogP contribution in [0.5, 0.6) is 0 Å². The molecule has 10 heteroatoms. The topological polar surface area (TPSA) is 104 Å². The molecule has 1 N–H and O–H groups in total. The summed E-state index contributed by atoms with van der Waals surface area (Å²) in [6, 6.07) is 19.6. The molecule has 218 valence electrons. The van der Waals surface area contributed by atoms with E-state index < -0.39 is 34.3 Å². The third-order valence-corrected chi connectivity index (χ3v) is 7.90. The first-order valence-corrected chi connectivity index (χ1v) is 15.2. The first-order valence-electron chi connectivity index (χ1n) is 13.4. The van der Waals surface area contributed by atoms with Gasteiger partial charge in [0.15, 0.2) is 5.78 Å². The zero-order chi connectivity index (χ0) is 30.2. The van der Waals surface area contributed by atoms with Crippen LogP contribution in [0.25, 0.3) is 0 Å². The summed E-state index contributed by atoms with van der Waals surface area (Å²) < 4.78 is 40.4. The first-order chi connectivity index (χ1) is 19.4. The van der Waals surface area contributed by atoms with Gasteiger partial charge >= 0.3 is 0 Å². The second-order valence-electron chi connectivity index (χ2n) is 10.0. The lowest BCUT2D eigenvalue weighted by Crippen LogP contribution is -2.54. The van der Waals surface area contributed by atoms with E-state index in [2.05, 4.69) is 5.32 Å². The number of rotatable bonds is 13. The van der Waals surface area contributed by atoms with E-state index >= 15 is 0 Å². The maximum atomic E-state index is 14.1. The number of halogens is 1. The number of benzene rings is 3. The number of hydrogen-bond donors (Lipinski definition) is 1. The standard InChI is InChI=1S/C31H36FN3O5S/c1-5-22(2)33-31(38)29(18-24-10-7-6-8-11-24)34(20-25-14-16-27(32)17-15-25)30(37)21-35(41(4,39)40)28-13-9-12-26(19-28)23(3)36/h6-17,19,22,29H,5,18,20-21H2,1-4H3,(H,33,38)/t22-,29+/m1/s1. The third kappa shape index (κ3) is 8.97. The monoisotopic (exact) mass is 581 g/mol. The molecule has 0 aliphatic carbocycles. The highest BCUT2D eigenvalue weighted by atomic mass is 32.2. The van der Waals surface area contributed by atoms with Gasteiger partial charge < -0.3 is 10.2 Å². The summed E-state index contributed by atoms with van der Waals surface area (Å²) in [5, 5.41) is 2.95. The fourth-order valence-corrected chi connectivity index (χ4v) is 5.12.